The zero-order valence-electron chi connectivity index (χ0n) is 15.9. The van der Waals surface area contributed by atoms with E-state index in [4.69, 9.17) is 0 Å². The summed E-state index contributed by atoms with van der Waals surface area (Å²) in [5, 5.41) is 22.6. The highest BCUT2D eigenvalue weighted by Crippen LogP contribution is 2.24. The predicted molar refractivity (Wildman–Crippen MR) is 109 cm³/mol. The molecule has 0 bridgehead atoms. The Balaban J connectivity index is 1.53. The van der Waals surface area contributed by atoms with Gasteiger partial charge >= 0.3 is 0 Å². The molecule has 0 fully saturated rings. The summed E-state index contributed by atoms with van der Waals surface area (Å²) < 4.78 is 3.06. The average molecular weight is 410 g/mol. The lowest BCUT2D eigenvalue weighted by Gasteiger charge is -2.08. The van der Waals surface area contributed by atoms with Crippen molar-refractivity contribution in [2.24, 2.45) is 14.1 Å². The molecule has 0 radical (unpaired) electrons. The molecular formula is C18H18N8O2S. The minimum absolute atomic E-state index is 0.215. The summed E-state index contributed by atoms with van der Waals surface area (Å²) in [6.07, 6.45) is 2.99. The monoisotopic (exact) mass is 410 g/mol. The van der Waals surface area contributed by atoms with Crippen molar-refractivity contribution in [2.75, 3.05) is 10.6 Å². The fourth-order valence-corrected chi connectivity index (χ4v) is 3.48. The number of aromatic nitrogens is 6. The Hall–Kier alpha value is -3.73. The van der Waals surface area contributed by atoms with Gasteiger partial charge in [-0.25, -0.2) is 0 Å². The van der Waals surface area contributed by atoms with E-state index in [1.807, 2.05) is 24.4 Å². The lowest BCUT2D eigenvalue weighted by molar-refractivity contribution is 0.101. The van der Waals surface area contributed by atoms with Crippen LogP contribution in [0.5, 0.6) is 0 Å². The number of thiophene rings is 1. The zero-order valence-corrected chi connectivity index (χ0v) is 16.7. The van der Waals surface area contributed by atoms with Crippen LogP contribution in [0.2, 0.25) is 0 Å². The SMILES string of the molecule is Cc1c(NC(=O)c2c(NC(=O)c3cc(-c4cccs4)[nH]n3)cnn2C)cnn1C. The van der Waals surface area contributed by atoms with Gasteiger partial charge in [0.25, 0.3) is 11.8 Å². The fraction of sp³-hybridized carbons (Fsp3) is 0.167. The van der Waals surface area contributed by atoms with E-state index in [1.54, 1.807) is 42.4 Å². The largest absolute Gasteiger partial charge is 0.318 e. The molecule has 0 spiro atoms. The Bertz CT molecular complexity index is 1180. The molecule has 4 aromatic heterocycles. The molecule has 2 amide bonds. The van der Waals surface area contributed by atoms with Crippen LogP contribution in [-0.4, -0.2) is 41.6 Å². The number of H-pyrrole nitrogens is 1. The highest BCUT2D eigenvalue weighted by atomic mass is 32.1. The Morgan fingerprint density at radius 3 is 2.48 bits per heavy atom. The lowest BCUT2D eigenvalue weighted by atomic mass is 10.2. The highest BCUT2D eigenvalue weighted by molar-refractivity contribution is 7.13. The van der Waals surface area contributed by atoms with Crippen molar-refractivity contribution in [2.45, 2.75) is 6.92 Å². The molecular weight excluding hydrogens is 392 g/mol. The van der Waals surface area contributed by atoms with Gasteiger partial charge in [-0.2, -0.15) is 15.3 Å². The minimum Gasteiger partial charge on any atom is -0.318 e. The maximum atomic E-state index is 12.8. The number of anilines is 2. The van der Waals surface area contributed by atoms with Crippen molar-refractivity contribution in [3.63, 3.8) is 0 Å². The lowest BCUT2D eigenvalue weighted by Crippen LogP contribution is -2.20. The van der Waals surface area contributed by atoms with E-state index in [0.717, 1.165) is 16.3 Å². The van der Waals surface area contributed by atoms with Crippen LogP contribution in [-0.2, 0) is 14.1 Å². The van der Waals surface area contributed by atoms with Crippen LogP contribution in [0.4, 0.5) is 11.4 Å². The molecule has 0 aromatic carbocycles. The van der Waals surface area contributed by atoms with Crippen LogP contribution in [0.3, 0.4) is 0 Å². The fourth-order valence-electron chi connectivity index (χ4n) is 2.78. The summed E-state index contributed by atoms with van der Waals surface area (Å²) in [6.45, 7) is 1.84. The first-order valence-corrected chi connectivity index (χ1v) is 9.54. The molecule has 4 rings (SSSR count). The second-order valence-electron chi connectivity index (χ2n) is 6.35. The normalized spacial score (nSPS) is 10.9. The number of nitrogens with zero attached hydrogens (tertiary/aromatic N) is 5. The summed E-state index contributed by atoms with van der Waals surface area (Å²) in [6, 6.07) is 5.52. The molecule has 3 N–H and O–H groups in total. The predicted octanol–water partition coefficient (Wildman–Crippen LogP) is 2.42. The third-order valence-electron chi connectivity index (χ3n) is 4.48. The Morgan fingerprint density at radius 2 is 1.79 bits per heavy atom. The van der Waals surface area contributed by atoms with Crippen LogP contribution in [0.25, 0.3) is 10.6 Å². The van der Waals surface area contributed by atoms with Gasteiger partial charge in [-0.3, -0.25) is 24.1 Å². The van der Waals surface area contributed by atoms with Crippen LogP contribution in [0.15, 0.2) is 36.0 Å². The first-order chi connectivity index (χ1) is 13.9. The van der Waals surface area contributed by atoms with Crippen LogP contribution >= 0.6 is 11.3 Å². The van der Waals surface area contributed by atoms with Gasteiger partial charge in [0, 0.05) is 14.1 Å². The molecule has 0 saturated heterocycles. The van der Waals surface area contributed by atoms with Gasteiger partial charge < -0.3 is 10.6 Å². The number of amides is 2. The van der Waals surface area contributed by atoms with Crippen molar-refractivity contribution < 1.29 is 9.59 Å². The molecule has 10 nitrogen and oxygen atoms in total. The molecule has 0 aliphatic rings. The topological polar surface area (TPSA) is 123 Å². The van der Waals surface area contributed by atoms with E-state index < -0.39 is 11.8 Å². The Labute approximate surface area is 169 Å². The van der Waals surface area contributed by atoms with Gasteiger partial charge in [-0.15, -0.1) is 11.3 Å². The maximum absolute atomic E-state index is 12.8. The van der Waals surface area contributed by atoms with Crippen LogP contribution in [0.1, 0.15) is 26.7 Å². The van der Waals surface area contributed by atoms with Gasteiger partial charge in [0.1, 0.15) is 5.69 Å². The molecule has 4 aromatic rings. The summed E-state index contributed by atoms with van der Waals surface area (Å²) >= 11 is 1.54. The molecule has 4 heterocycles. The van der Waals surface area contributed by atoms with Crippen molar-refractivity contribution in [1.82, 2.24) is 29.8 Å². The number of carbonyl (C=O) groups excluding carboxylic acids is 2. The van der Waals surface area contributed by atoms with Crippen molar-refractivity contribution in [1.29, 1.82) is 0 Å². The quantitative estimate of drug-likeness (QED) is 0.466. The Kier molecular flexibility index (Phi) is 4.72. The van der Waals surface area contributed by atoms with Gasteiger partial charge in [-0.1, -0.05) is 6.07 Å². The second kappa shape index (κ2) is 7.36. The van der Waals surface area contributed by atoms with Crippen LogP contribution < -0.4 is 10.6 Å². The van der Waals surface area contributed by atoms with Crippen LogP contribution in [0, 0.1) is 6.92 Å². The molecule has 0 aliphatic carbocycles. The molecule has 0 aliphatic heterocycles. The van der Waals surface area contributed by atoms with E-state index in [0.29, 0.717) is 5.69 Å². The third kappa shape index (κ3) is 3.55. The summed E-state index contributed by atoms with van der Waals surface area (Å²) in [5.41, 5.74) is 2.87. The van der Waals surface area contributed by atoms with E-state index in [1.165, 1.54) is 10.9 Å². The first-order valence-electron chi connectivity index (χ1n) is 8.66. The minimum atomic E-state index is -0.441. The van der Waals surface area contributed by atoms with Crippen molar-refractivity contribution in [3.05, 3.63) is 53.1 Å². The van der Waals surface area contributed by atoms with E-state index in [2.05, 4.69) is 31.0 Å². The molecule has 0 saturated carbocycles. The van der Waals surface area contributed by atoms with E-state index >= 15 is 0 Å². The van der Waals surface area contributed by atoms with Gasteiger partial charge in [0.2, 0.25) is 0 Å². The number of carbonyl (C=O) groups is 2. The third-order valence-corrected chi connectivity index (χ3v) is 5.39. The zero-order chi connectivity index (χ0) is 20.5. The number of hydrogen-bond donors (Lipinski definition) is 3. The van der Waals surface area contributed by atoms with E-state index in [-0.39, 0.29) is 17.1 Å². The molecule has 0 atom stereocenters. The van der Waals surface area contributed by atoms with Gasteiger partial charge in [0.15, 0.2) is 5.69 Å². The maximum Gasteiger partial charge on any atom is 0.276 e. The molecule has 0 unspecified atom stereocenters. The number of aromatic amines is 1. The van der Waals surface area contributed by atoms with Crippen molar-refractivity contribution >= 4 is 34.5 Å². The summed E-state index contributed by atoms with van der Waals surface area (Å²) in [4.78, 5) is 26.4. The Morgan fingerprint density at radius 1 is 1.07 bits per heavy atom. The smallest absolute Gasteiger partial charge is 0.276 e. The average Bonchev–Trinajstić information content (AvgIpc) is 3.47. The standard InChI is InChI=1S/C18H18N8O2S/c1-10-13(8-19-25(10)2)21-18(28)16-14(9-20-26(16)3)22-17(27)12-7-11(23-24-12)15-5-4-6-29-15/h4-9H,1-3H3,(H,21,28)(H,22,27)(H,23,24). The number of aryl methyl sites for hydroxylation is 2. The molecule has 11 heteroatoms. The van der Waals surface area contributed by atoms with Gasteiger partial charge in [0.05, 0.1) is 40.0 Å². The van der Waals surface area contributed by atoms with Crippen molar-refractivity contribution in [3.8, 4) is 10.6 Å². The second-order valence-corrected chi connectivity index (χ2v) is 7.30. The van der Waals surface area contributed by atoms with Gasteiger partial charge in [-0.05, 0) is 24.4 Å². The summed E-state index contributed by atoms with van der Waals surface area (Å²) in [5.74, 6) is -0.846. The molecule has 148 valence electrons. The number of hydrogen-bond acceptors (Lipinski definition) is 6. The summed E-state index contributed by atoms with van der Waals surface area (Å²) in [7, 11) is 3.42. The van der Waals surface area contributed by atoms with E-state index in [9.17, 15) is 9.59 Å². The number of rotatable bonds is 5. The first kappa shape index (κ1) is 18.6. The molecule has 29 heavy (non-hydrogen) atoms. The highest BCUT2D eigenvalue weighted by Gasteiger charge is 2.21. The number of nitrogens with one attached hydrogen (secondary N) is 3.